The summed E-state index contributed by atoms with van der Waals surface area (Å²) in [5.41, 5.74) is 2.76. The summed E-state index contributed by atoms with van der Waals surface area (Å²) >= 11 is 0. The first kappa shape index (κ1) is 22.8. The van der Waals surface area contributed by atoms with E-state index in [1.54, 1.807) is 18.2 Å². The first-order chi connectivity index (χ1) is 18.0. The number of nitrogens with one attached hydrogen (secondary N) is 1. The Kier molecular flexibility index (Phi) is 5.64. The Morgan fingerprint density at radius 3 is 2.32 bits per heavy atom. The van der Waals surface area contributed by atoms with Crippen LogP contribution in [0, 0.1) is 0 Å². The van der Waals surface area contributed by atoms with E-state index < -0.39 is 11.7 Å². The number of aromatic nitrogens is 2. The highest BCUT2D eigenvalue weighted by Gasteiger charge is 2.34. The molecule has 0 atom stereocenters. The fourth-order valence-corrected chi connectivity index (χ4v) is 4.33. The Morgan fingerprint density at radius 1 is 0.757 bits per heavy atom. The zero-order valence-corrected chi connectivity index (χ0v) is 19.4. The Labute approximate surface area is 210 Å². The lowest BCUT2D eigenvalue weighted by molar-refractivity contribution is -0.137. The van der Waals surface area contributed by atoms with Crippen LogP contribution in [-0.4, -0.2) is 16.8 Å². The van der Waals surface area contributed by atoms with Crippen molar-refractivity contribution >= 4 is 16.7 Å². The van der Waals surface area contributed by atoms with Crippen molar-refractivity contribution in [1.82, 2.24) is 9.97 Å². The van der Waals surface area contributed by atoms with Crippen molar-refractivity contribution < 1.29 is 22.6 Å². The van der Waals surface area contributed by atoms with Gasteiger partial charge in [0, 0.05) is 17.5 Å². The molecule has 1 aliphatic rings. The average Bonchev–Trinajstić information content (AvgIpc) is 3.39. The highest BCUT2D eigenvalue weighted by atomic mass is 19.4. The van der Waals surface area contributed by atoms with E-state index in [-0.39, 0.29) is 18.2 Å². The van der Waals surface area contributed by atoms with Gasteiger partial charge in [-0.3, -0.25) is 0 Å². The maximum absolute atomic E-state index is 13.7. The topological polar surface area (TPSA) is 56.3 Å². The van der Waals surface area contributed by atoms with Crippen LogP contribution in [0.3, 0.4) is 0 Å². The normalized spacial score (nSPS) is 12.6. The van der Waals surface area contributed by atoms with Crippen molar-refractivity contribution in [2.45, 2.75) is 12.7 Å². The van der Waals surface area contributed by atoms with Gasteiger partial charge >= 0.3 is 6.18 Å². The van der Waals surface area contributed by atoms with Gasteiger partial charge < -0.3 is 14.8 Å². The van der Waals surface area contributed by atoms with Gasteiger partial charge in [0.1, 0.15) is 5.82 Å². The Morgan fingerprint density at radius 2 is 1.49 bits per heavy atom. The van der Waals surface area contributed by atoms with Crippen LogP contribution in [0.15, 0.2) is 91.0 Å². The van der Waals surface area contributed by atoms with E-state index in [2.05, 4.69) is 15.3 Å². The molecule has 1 aliphatic heterocycles. The summed E-state index contributed by atoms with van der Waals surface area (Å²) in [7, 11) is 0. The van der Waals surface area contributed by atoms with Crippen LogP contribution in [0.2, 0.25) is 0 Å². The fourth-order valence-electron chi connectivity index (χ4n) is 4.33. The standard InChI is InChI=1S/C29H20F3N3O2/c30-29(31,32)23-7-3-1-5-21(23)28-34-24-8-4-2-6-22(24)27(35-28)33-16-18-9-11-19(12-10-18)20-13-14-25-26(15-20)37-17-36-25/h1-15H,16-17H2,(H,33,34,35). The zero-order valence-electron chi connectivity index (χ0n) is 19.4. The van der Waals surface area contributed by atoms with E-state index in [0.29, 0.717) is 17.9 Å². The summed E-state index contributed by atoms with van der Waals surface area (Å²) in [4.78, 5) is 8.95. The molecule has 0 saturated heterocycles. The van der Waals surface area contributed by atoms with E-state index in [1.807, 2.05) is 54.6 Å². The molecule has 5 nitrogen and oxygen atoms in total. The van der Waals surface area contributed by atoms with Crippen molar-refractivity contribution in [3.63, 3.8) is 0 Å². The molecular formula is C29H20F3N3O2. The molecule has 6 rings (SSSR count). The van der Waals surface area contributed by atoms with Crippen molar-refractivity contribution in [2.24, 2.45) is 0 Å². The van der Waals surface area contributed by atoms with Gasteiger partial charge in [0.05, 0.1) is 11.1 Å². The number of fused-ring (bicyclic) bond motifs is 2. The first-order valence-electron chi connectivity index (χ1n) is 11.6. The van der Waals surface area contributed by atoms with E-state index in [1.165, 1.54) is 12.1 Å². The molecule has 0 spiro atoms. The molecule has 0 aliphatic carbocycles. The van der Waals surface area contributed by atoms with Crippen molar-refractivity contribution in [3.05, 3.63) is 102 Å². The number of alkyl halides is 3. The minimum Gasteiger partial charge on any atom is -0.454 e. The lowest BCUT2D eigenvalue weighted by Gasteiger charge is -2.14. The lowest BCUT2D eigenvalue weighted by atomic mass is 10.0. The van der Waals surface area contributed by atoms with Gasteiger partial charge in [-0.05, 0) is 47.0 Å². The molecular weight excluding hydrogens is 479 g/mol. The third kappa shape index (κ3) is 4.53. The molecule has 4 aromatic carbocycles. The summed E-state index contributed by atoms with van der Waals surface area (Å²) in [5.74, 6) is 1.95. The Balaban J connectivity index is 1.29. The van der Waals surface area contributed by atoms with Gasteiger partial charge in [-0.25, -0.2) is 9.97 Å². The predicted octanol–water partition coefficient (Wildman–Crippen LogP) is 7.32. The monoisotopic (exact) mass is 499 g/mol. The summed E-state index contributed by atoms with van der Waals surface area (Å²) in [5, 5.41) is 4.03. The first-order valence-corrected chi connectivity index (χ1v) is 11.6. The molecule has 1 N–H and O–H groups in total. The number of para-hydroxylation sites is 1. The van der Waals surface area contributed by atoms with Crippen LogP contribution in [0.25, 0.3) is 33.4 Å². The molecule has 0 bridgehead atoms. The highest BCUT2D eigenvalue weighted by molar-refractivity contribution is 5.90. The van der Waals surface area contributed by atoms with Crippen LogP contribution in [0.1, 0.15) is 11.1 Å². The van der Waals surface area contributed by atoms with Crippen molar-refractivity contribution in [3.8, 4) is 34.0 Å². The molecule has 5 aromatic rings. The molecule has 1 aromatic heterocycles. The van der Waals surface area contributed by atoms with Crippen LogP contribution in [-0.2, 0) is 12.7 Å². The third-order valence-electron chi connectivity index (χ3n) is 6.20. The van der Waals surface area contributed by atoms with Gasteiger partial charge in [-0.15, -0.1) is 0 Å². The second kappa shape index (κ2) is 9.13. The molecule has 8 heteroatoms. The van der Waals surface area contributed by atoms with Crippen molar-refractivity contribution in [2.75, 3.05) is 12.1 Å². The molecule has 184 valence electrons. The largest absolute Gasteiger partial charge is 0.454 e. The molecule has 0 saturated carbocycles. The fraction of sp³-hybridized carbons (Fsp3) is 0.103. The molecule has 2 heterocycles. The summed E-state index contributed by atoms with van der Waals surface area (Å²) in [6.07, 6.45) is -4.51. The molecule has 37 heavy (non-hydrogen) atoms. The SMILES string of the molecule is FC(F)(F)c1ccccc1-c1nc(NCc2ccc(-c3ccc4c(c3)OCO4)cc2)c2ccccc2n1. The molecule has 0 amide bonds. The number of benzene rings is 4. The minimum atomic E-state index is -4.51. The van der Waals surface area contributed by atoms with Gasteiger partial charge in [0.2, 0.25) is 6.79 Å². The smallest absolute Gasteiger partial charge is 0.417 e. The van der Waals surface area contributed by atoms with Crippen LogP contribution in [0.5, 0.6) is 11.5 Å². The average molecular weight is 499 g/mol. The number of anilines is 1. The second-order valence-corrected chi connectivity index (χ2v) is 8.57. The van der Waals surface area contributed by atoms with Gasteiger partial charge in [-0.2, -0.15) is 13.2 Å². The Bertz CT molecular complexity index is 1600. The second-order valence-electron chi connectivity index (χ2n) is 8.57. The number of halogens is 3. The summed E-state index contributed by atoms with van der Waals surface area (Å²) in [6.45, 7) is 0.660. The maximum Gasteiger partial charge on any atom is 0.417 e. The van der Waals surface area contributed by atoms with Crippen LogP contribution in [0.4, 0.5) is 19.0 Å². The van der Waals surface area contributed by atoms with Crippen LogP contribution >= 0.6 is 0 Å². The third-order valence-corrected chi connectivity index (χ3v) is 6.20. The lowest BCUT2D eigenvalue weighted by Crippen LogP contribution is -2.09. The van der Waals surface area contributed by atoms with Crippen LogP contribution < -0.4 is 14.8 Å². The maximum atomic E-state index is 13.7. The predicted molar refractivity (Wildman–Crippen MR) is 135 cm³/mol. The minimum absolute atomic E-state index is 0.0206. The summed E-state index contributed by atoms with van der Waals surface area (Å²) < 4.78 is 51.8. The van der Waals surface area contributed by atoms with E-state index in [9.17, 15) is 13.2 Å². The summed E-state index contributed by atoms with van der Waals surface area (Å²) in [6, 6.07) is 26.4. The molecule has 0 radical (unpaired) electrons. The highest BCUT2D eigenvalue weighted by Crippen LogP contribution is 2.38. The van der Waals surface area contributed by atoms with Crippen molar-refractivity contribution in [1.29, 1.82) is 0 Å². The van der Waals surface area contributed by atoms with Gasteiger partial charge in [0.25, 0.3) is 0 Å². The van der Waals surface area contributed by atoms with E-state index >= 15 is 0 Å². The van der Waals surface area contributed by atoms with E-state index in [0.717, 1.165) is 39.6 Å². The number of ether oxygens (including phenoxy) is 2. The number of rotatable bonds is 5. The quantitative estimate of drug-likeness (QED) is 0.275. The molecule has 0 fully saturated rings. The van der Waals surface area contributed by atoms with E-state index in [4.69, 9.17) is 9.47 Å². The molecule has 0 unspecified atom stereocenters. The number of nitrogens with zero attached hydrogens (tertiary/aromatic N) is 2. The number of hydrogen-bond acceptors (Lipinski definition) is 5. The van der Waals surface area contributed by atoms with Gasteiger partial charge in [0.15, 0.2) is 17.3 Å². The number of hydrogen-bond donors (Lipinski definition) is 1. The Hall–Kier alpha value is -4.59. The van der Waals surface area contributed by atoms with Gasteiger partial charge in [-0.1, -0.05) is 60.7 Å². The zero-order chi connectivity index (χ0) is 25.4.